The quantitative estimate of drug-likeness (QED) is 0.768. The summed E-state index contributed by atoms with van der Waals surface area (Å²) in [5.74, 6) is 0.189. The summed E-state index contributed by atoms with van der Waals surface area (Å²) in [5.41, 5.74) is 0. The second-order valence-corrected chi connectivity index (χ2v) is 6.13. The van der Waals surface area contributed by atoms with Crippen molar-refractivity contribution in [3.63, 3.8) is 0 Å². The normalized spacial score (nSPS) is 22.0. The van der Waals surface area contributed by atoms with Gasteiger partial charge in [0.1, 0.15) is 0 Å². The van der Waals surface area contributed by atoms with Crippen molar-refractivity contribution in [2.75, 3.05) is 6.54 Å². The molecule has 0 aliphatic carbocycles. The molecule has 1 aromatic rings. The van der Waals surface area contributed by atoms with E-state index in [1.165, 1.54) is 11.3 Å². The van der Waals surface area contributed by atoms with Crippen LogP contribution in [0.4, 0.5) is 0 Å². The lowest BCUT2D eigenvalue weighted by Gasteiger charge is -2.13. The predicted molar refractivity (Wildman–Crippen MR) is 62.1 cm³/mol. The highest BCUT2D eigenvalue weighted by molar-refractivity contribution is 9.10. The van der Waals surface area contributed by atoms with Crippen molar-refractivity contribution in [1.82, 2.24) is 4.90 Å². The lowest BCUT2D eigenvalue weighted by atomic mass is 10.4. The monoisotopic (exact) mass is 293 g/mol. The number of hydrogen-bond donors (Lipinski definition) is 0. The number of alkyl halides is 1. The van der Waals surface area contributed by atoms with Crippen LogP contribution in [0.2, 0.25) is 4.34 Å². The first-order chi connectivity index (χ1) is 6.66. The third-order valence-electron chi connectivity index (χ3n) is 2.21. The summed E-state index contributed by atoms with van der Waals surface area (Å²) in [6.45, 7) is 1.53. The molecule has 5 heteroatoms. The minimum absolute atomic E-state index is 0.0120. The van der Waals surface area contributed by atoms with Gasteiger partial charge in [0.2, 0.25) is 5.91 Å². The van der Waals surface area contributed by atoms with Gasteiger partial charge in [-0.1, -0.05) is 27.5 Å². The Hall–Kier alpha value is -0.0600. The SMILES string of the molecule is O=C1C(Br)CCN1Cc1ccc(Cl)s1. The molecule has 0 N–H and O–H groups in total. The van der Waals surface area contributed by atoms with Crippen LogP contribution in [-0.4, -0.2) is 22.2 Å². The Morgan fingerprint density at radius 2 is 2.43 bits per heavy atom. The fraction of sp³-hybridized carbons (Fsp3) is 0.444. The molecule has 0 aromatic carbocycles. The Labute approximate surface area is 100.0 Å². The molecule has 1 atom stereocenters. The molecule has 14 heavy (non-hydrogen) atoms. The second kappa shape index (κ2) is 4.21. The topological polar surface area (TPSA) is 20.3 Å². The van der Waals surface area contributed by atoms with Gasteiger partial charge in [0.05, 0.1) is 15.7 Å². The summed E-state index contributed by atoms with van der Waals surface area (Å²) >= 11 is 10.7. The number of halogens is 2. The van der Waals surface area contributed by atoms with Gasteiger partial charge >= 0.3 is 0 Å². The maximum absolute atomic E-state index is 11.6. The van der Waals surface area contributed by atoms with Gasteiger partial charge in [0.25, 0.3) is 0 Å². The third kappa shape index (κ3) is 2.12. The number of carbonyl (C=O) groups is 1. The summed E-state index contributed by atoms with van der Waals surface area (Å²) in [6, 6.07) is 3.84. The summed E-state index contributed by atoms with van der Waals surface area (Å²) in [4.78, 5) is 14.6. The lowest BCUT2D eigenvalue weighted by molar-refractivity contribution is -0.127. The molecule has 0 radical (unpaired) electrons. The minimum Gasteiger partial charge on any atom is -0.337 e. The lowest BCUT2D eigenvalue weighted by Crippen LogP contribution is -2.26. The maximum Gasteiger partial charge on any atom is 0.236 e. The number of thiophene rings is 1. The molecular formula is C9H9BrClNOS. The van der Waals surface area contributed by atoms with Crippen molar-refractivity contribution >= 4 is 44.8 Å². The van der Waals surface area contributed by atoms with Crippen molar-refractivity contribution in [2.24, 2.45) is 0 Å². The largest absolute Gasteiger partial charge is 0.337 e. The van der Waals surface area contributed by atoms with Crippen LogP contribution < -0.4 is 0 Å². The Morgan fingerprint density at radius 1 is 1.64 bits per heavy atom. The van der Waals surface area contributed by atoms with E-state index < -0.39 is 0 Å². The third-order valence-corrected chi connectivity index (χ3v) is 4.27. The van der Waals surface area contributed by atoms with Crippen molar-refractivity contribution in [1.29, 1.82) is 0 Å². The zero-order chi connectivity index (χ0) is 10.1. The highest BCUT2D eigenvalue weighted by Crippen LogP contribution is 2.26. The van der Waals surface area contributed by atoms with Crippen molar-refractivity contribution in [3.05, 3.63) is 21.3 Å². The van der Waals surface area contributed by atoms with E-state index in [2.05, 4.69) is 15.9 Å². The van der Waals surface area contributed by atoms with E-state index in [1.54, 1.807) is 0 Å². The van der Waals surface area contributed by atoms with Crippen LogP contribution in [0.3, 0.4) is 0 Å². The molecule has 1 fully saturated rings. The first-order valence-corrected chi connectivity index (χ1v) is 6.45. The molecule has 1 saturated heterocycles. The fourth-order valence-electron chi connectivity index (χ4n) is 1.48. The number of rotatable bonds is 2. The van der Waals surface area contributed by atoms with Crippen molar-refractivity contribution < 1.29 is 4.79 Å². The van der Waals surface area contributed by atoms with Crippen molar-refractivity contribution in [3.8, 4) is 0 Å². The van der Waals surface area contributed by atoms with Crippen LogP contribution >= 0.6 is 38.9 Å². The number of amides is 1. The zero-order valence-electron chi connectivity index (χ0n) is 7.37. The van der Waals surface area contributed by atoms with E-state index in [-0.39, 0.29) is 10.7 Å². The van der Waals surface area contributed by atoms with Gasteiger partial charge in [-0.3, -0.25) is 4.79 Å². The number of carbonyl (C=O) groups excluding carboxylic acids is 1. The summed E-state index contributed by atoms with van der Waals surface area (Å²) in [5, 5.41) is 0. The number of nitrogens with zero attached hydrogens (tertiary/aromatic N) is 1. The summed E-state index contributed by atoms with van der Waals surface area (Å²) < 4.78 is 0.780. The van der Waals surface area contributed by atoms with Gasteiger partial charge < -0.3 is 4.90 Å². The van der Waals surface area contributed by atoms with Gasteiger partial charge in [0.15, 0.2) is 0 Å². The molecule has 0 bridgehead atoms. The smallest absolute Gasteiger partial charge is 0.236 e. The average molecular weight is 295 g/mol. The molecule has 1 aromatic heterocycles. The molecule has 2 heterocycles. The molecular weight excluding hydrogens is 286 g/mol. The Morgan fingerprint density at radius 3 is 2.93 bits per heavy atom. The van der Waals surface area contributed by atoms with E-state index in [9.17, 15) is 4.79 Å². The van der Waals surface area contributed by atoms with Crippen LogP contribution in [0.5, 0.6) is 0 Å². The first-order valence-electron chi connectivity index (χ1n) is 4.34. The van der Waals surface area contributed by atoms with Gasteiger partial charge in [-0.05, 0) is 18.6 Å². The number of hydrogen-bond acceptors (Lipinski definition) is 2. The Balaban J connectivity index is 2.02. The second-order valence-electron chi connectivity index (χ2n) is 3.22. The zero-order valence-corrected chi connectivity index (χ0v) is 10.5. The highest BCUT2D eigenvalue weighted by atomic mass is 79.9. The van der Waals surface area contributed by atoms with Crippen LogP contribution in [0.25, 0.3) is 0 Å². The van der Waals surface area contributed by atoms with Crippen LogP contribution in [0, 0.1) is 0 Å². The minimum atomic E-state index is 0.0120. The maximum atomic E-state index is 11.6. The predicted octanol–water partition coefficient (Wildman–Crippen LogP) is 2.90. The molecule has 0 spiro atoms. The van der Waals surface area contributed by atoms with Gasteiger partial charge in [0, 0.05) is 11.4 Å². The molecule has 1 aliphatic rings. The van der Waals surface area contributed by atoms with Crippen LogP contribution in [0.1, 0.15) is 11.3 Å². The number of likely N-dealkylation sites (tertiary alicyclic amines) is 1. The molecule has 1 unspecified atom stereocenters. The molecule has 76 valence electrons. The Bertz CT molecular complexity index is 354. The van der Waals surface area contributed by atoms with Crippen LogP contribution in [0.15, 0.2) is 12.1 Å². The van der Waals surface area contributed by atoms with E-state index in [4.69, 9.17) is 11.6 Å². The average Bonchev–Trinajstić information content (AvgIpc) is 2.67. The summed E-state index contributed by atoms with van der Waals surface area (Å²) in [6.07, 6.45) is 0.901. The Kier molecular flexibility index (Phi) is 3.14. The van der Waals surface area contributed by atoms with E-state index in [1.807, 2.05) is 17.0 Å². The van der Waals surface area contributed by atoms with Gasteiger partial charge in [-0.25, -0.2) is 0 Å². The molecule has 2 nitrogen and oxygen atoms in total. The van der Waals surface area contributed by atoms with Crippen LogP contribution in [-0.2, 0) is 11.3 Å². The van der Waals surface area contributed by atoms with E-state index in [0.29, 0.717) is 6.54 Å². The van der Waals surface area contributed by atoms with Crippen molar-refractivity contribution in [2.45, 2.75) is 17.8 Å². The van der Waals surface area contributed by atoms with E-state index >= 15 is 0 Å². The summed E-state index contributed by atoms with van der Waals surface area (Å²) in [7, 11) is 0. The standard InChI is InChI=1S/C9H9BrClNOS/c10-7-3-4-12(9(7)13)5-6-1-2-8(11)14-6/h1-2,7H,3-5H2. The molecule has 0 saturated carbocycles. The molecule has 1 amide bonds. The van der Waals surface area contributed by atoms with Gasteiger partial charge in [-0.15, -0.1) is 11.3 Å². The first kappa shape index (κ1) is 10.5. The molecule has 2 rings (SSSR count). The fourth-order valence-corrected chi connectivity index (χ4v) is 3.08. The van der Waals surface area contributed by atoms with E-state index in [0.717, 1.165) is 22.2 Å². The highest BCUT2D eigenvalue weighted by Gasteiger charge is 2.29. The molecule has 1 aliphatic heterocycles. The van der Waals surface area contributed by atoms with Gasteiger partial charge in [-0.2, -0.15) is 0 Å².